The van der Waals surface area contributed by atoms with Gasteiger partial charge in [0, 0.05) is 17.1 Å². The highest BCUT2D eigenvalue weighted by molar-refractivity contribution is 9.10. The molecule has 0 unspecified atom stereocenters. The average molecular weight is 443 g/mol. The van der Waals surface area contributed by atoms with Gasteiger partial charge in [0.15, 0.2) is 0 Å². The molecular formula is C23H27BrN2O2. The van der Waals surface area contributed by atoms with E-state index in [0.717, 1.165) is 41.3 Å². The third-order valence-corrected chi connectivity index (χ3v) is 5.86. The van der Waals surface area contributed by atoms with Crippen molar-refractivity contribution in [1.29, 1.82) is 0 Å². The highest BCUT2D eigenvalue weighted by Crippen LogP contribution is 2.19. The Morgan fingerprint density at radius 3 is 2.32 bits per heavy atom. The second kappa shape index (κ2) is 9.87. The van der Waals surface area contributed by atoms with E-state index in [1.54, 1.807) is 4.90 Å². The first kappa shape index (κ1) is 20.6. The van der Waals surface area contributed by atoms with Crippen molar-refractivity contribution in [3.63, 3.8) is 0 Å². The number of nitrogens with zero attached hydrogens (tertiary/aromatic N) is 1. The van der Waals surface area contributed by atoms with E-state index in [0.29, 0.717) is 13.0 Å². The van der Waals surface area contributed by atoms with Gasteiger partial charge in [0.1, 0.15) is 6.04 Å². The second-order valence-corrected chi connectivity index (χ2v) is 8.39. The van der Waals surface area contributed by atoms with Gasteiger partial charge in [0.05, 0.1) is 6.42 Å². The van der Waals surface area contributed by atoms with E-state index in [9.17, 15) is 9.59 Å². The zero-order valence-electron chi connectivity index (χ0n) is 16.2. The number of hydrogen-bond donors (Lipinski definition) is 1. The summed E-state index contributed by atoms with van der Waals surface area (Å²) in [6, 6.07) is 17.3. The molecule has 1 atom stereocenters. The van der Waals surface area contributed by atoms with Crippen molar-refractivity contribution >= 4 is 27.7 Å². The fourth-order valence-electron chi connectivity index (χ4n) is 3.63. The van der Waals surface area contributed by atoms with E-state index in [1.807, 2.05) is 61.5 Å². The van der Waals surface area contributed by atoms with Crippen LogP contribution in [0.5, 0.6) is 0 Å². The third-order valence-electron chi connectivity index (χ3n) is 5.33. The molecule has 1 N–H and O–H groups in total. The third kappa shape index (κ3) is 5.68. The van der Waals surface area contributed by atoms with Crippen LogP contribution in [0.15, 0.2) is 59.1 Å². The summed E-state index contributed by atoms with van der Waals surface area (Å²) in [5, 5.41) is 3.13. The predicted octanol–water partition coefficient (Wildman–Crippen LogP) is 4.47. The molecule has 0 spiro atoms. The highest BCUT2D eigenvalue weighted by atomic mass is 79.9. The van der Waals surface area contributed by atoms with Crippen LogP contribution >= 0.6 is 15.9 Å². The minimum absolute atomic E-state index is 0.0387. The van der Waals surface area contributed by atoms with Crippen molar-refractivity contribution in [1.82, 2.24) is 10.2 Å². The SMILES string of the molecule is C[C@H](C(=O)NC1CCCC1)N(Cc1ccc(Br)cc1)C(=O)Cc1ccccc1. The van der Waals surface area contributed by atoms with E-state index >= 15 is 0 Å². The van der Waals surface area contributed by atoms with Crippen molar-refractivity contribution in [3.05, 3.63) is 70.2 Å². The van der Waals surface area contributed by atoms with Crippen LogP contribution in [-0.4, -0.2) is 28.8 Å². The molecule has 1 saturated carbocycles. The molecule has 0 bridgehead atoms. The summed E-state index contributed by atoms with van der Waals surface area (Å²) in [4.78, 5) is 27.6. The topological polar surface area (TPSA) is 49.4 Å². The van der Waals surface area contributed by atoms with E-state index < -0.39 is 6.04 Å². The normalized spacial score (nSPS) is 15.2. The first-order chi connectivity index (χ1) is 13.5. The number of hydrogen-bond acceptors (Lipinski definition) is 2. The first-order valence-electron chi connectivity index (χ1n) is 9.91. The van der Waals surface area contributed by atoms with Crippen LogP contribution in [0, 0.1) is 0 Å². The lowest BCUT2D eigenvalue weighted by Crippen LogP contribution is -2.50. The predicted molar refractivity (Wildman–Crippen MR) is 115 cm³/mol. The van der Waals surface area contributed by atoms with E-state index in [-0.39, 0.29) is 17.9 Å². The molecule has 3 rings (SSSR count). The lowest BCUT2D eigenvalue weighted by molar-refractivity contribution is -0.140. The maximum atomic E-state index is 13.1. The van der Waals surface area contributed by atoms with Gasteiger partial charge in [-0.3, -0.25) is 9.59 Å². The standard InChI is InChI=1S/C23H27BrN2O2/c1-17(23(28)25-21-9-5-6-10-21)26(16-19-11-13-20(24)14-12-19)22(27)15-18-7-3-2-4-8-18/h2-4,7-8,11-14,17,21H,5-6,9-10,15-16H2,1H3,(H,25,28)/t17-/m1/s1. The zero-order valence-corrected chi connectivity index (χ0v) is 17.8. The summed E-state index contributed by atoms with van der Waals surface area (Å²) >= 11 is 3.44. The van der Waals surface area contributed by atoms with Gasteiger partial charge in [-0.15, -0.1) is 0 Å². The number of carbonyl (C=O) groups excluding carboxylic acids is 2. The first-order valence-corrected chi connectivity index (χ1v) is 10.7. The molecule has 0 saturated heterocycles. The second-order valence-electron chi connectivity index (χ2n) is 7.48. The van der Waals surface area contributed by atoms with Crippen molar-refractivity contribution in [2.45, 2.75) is 57.7 Å². The number of halogens is 1. The zero-order chi connectivity index (χ0) is 19.9. The molecule has 1 fully saturated rings. The van der Waals surface area contributed by atoms with Gasteiger partial charge < -0.3 is 10.2 Å². The molecule has 28 heavy (non-hydrogen) atoms. The number of carbonyl (C=O) groups is 2. The highest BCUT2D eigenvalue weighted by Gasteiger charge is 2.28. The van der Waals surface area contributed by atoms with Gasteiger partial charge >= 0.3 is 0 Å². The lowest BCUT2D eigenvalue weighted by Gasteiger charge is -2.30. The molecule has 0 radical (unpaired) electrons. The fraction of sp³-hybridized carbons (Fsp3) is 0.391. The van der Waals surface area contributed by atoms with Crippen molar-refractivity contribution < 1.29 is 9.59 Å². The van der Waals surface area contributed by atoms with E-state index in [4.69, 9.17) is 0 Å². The quantitative estimate of drug-likeness (QED) is 0.687. The summed E-state index contributed by atoms with van der Waals surface area (Å²) in [5.41, 5.74) is 1.96. The monoisotopic (exact) mass is 442 g/mol. The number of nitrogens with one attached hydrogen (secondary N) is 1. The molecule has 1 aliphatic carbocycles. The molecule has 1 aliphatic rings. The van der Waals surface area contributed by atoms with Crippen molar-refractivity contribution in [3.8, 4) is 0 Å². The number of benzene rings is 2. The molecular weight excluding hydrogens is 416 g/mol. The Labute approximate surface area is 175 Å². The molecule has 0 aromatic heterocycles. The Balaban J connectivity index is 1.74. The Hall–Kier alpha value is -2.14. The van der Waals surface area contributed by atoms with Crippen LogP contribution < -0.4 is 5.32 Å². The molecule has 0 aliphatic heterocycles. The van der Waals surface area contributed by atoms with Crippen LogP contribution in [-0.2, 0) is 22.6 Å². The smallest absolute Gasteiger partial charge is 0.242 e. The summed E-state index contributed by atoms with van der Waals surface area (Å²) in [6.45, 7) is 2.24. The van der Waals surface area contributed by atoms with Crippen LogP contribution in [0.2, 0.25) is 0 Å². The van der Waals surface area contributed by atoms with Crippen LogP contribution in [0.3, 0.4) is 0 Å². The van der Waals surface area contributed by atoms with Crippen molar-refractivity contribution in [2.75, 3.05) is 0 Å². The molecule has 2 amide bonds. The van der Waals surface area contributed by atoms with Crippen LogP contribution in [0.25, 0.3) is 0 Å². The molecule has 2 aromatic rings. The van der Waals surface area contributed by atoms with Gasteiger partial charge in [-0.25, -0.2) is 0 Å². The fourth-order valence-corrected chi connectivity index (χ4v) is 3.90. The van der Waals surface area contributed by atoms with Gasteiger partial charge in [0.25, 0.3) is 0 Å². The van der Waals surface area contributed by atoms with Crippen LogP contribution in [0.4, 0.5) is 0 Å². The van der Waals surface area contributed by atoms with Gasteiger partial charge in [-0.1, -0.05) is 71.2 Å². The molecule has 5 heteroatoms. The summed E-state index contributed by atoms with van der Waals surface area (Å²) in [6.07, 6.45) is 4.68. The number of amides is 2. The maximum Gasteiger partial charge on any atom is 0.242 e. The number of rotatable bonds is 7. The molecule has 4 nitrogen and oxygen atoms in total. The van der Waals surface area contributed by atoms with Gasteiger partial charge in [-0.2, -0.15) is 0 Å². The molecule has 2 aromatic carbocycles. The van der Waals surface area contributed by atoms with Crippen LogP contribution in [0.1, 0.15) is 43.7 Å². The molecule has 148 valence electrons. The summed E-state index contributed by atoms with van der Waals surface area (Å²) in [5.74, 6) is -0.103. The Bertz CT molecular complexity index is 786. The van der Waals surface area contributed by atoms with Crippen molar-refractivity contribution in [2.24, 2.45) is 0 Å². The summed E-state index contributed by atoms with van der Waals surface area (Å²) in [7, 11) is 0. The largest absolute Gasteiger partial charge is 0.352 e. The van der Waals surface area contributed by atoms with Gasteiger partial charge in [-0.05, 0) is 43.0 Å². The minimum Gasteiger partial charge on any atom is -0.352 e. The Morgan fingerprint density at radius 1 is 1.04 bits per heavy atom. The Morgan fingerprint density at radius 2 is 1.68 bits per heavy atom. The van der Waals surface area contributed by atoms with E-state index in [2.05, 4.69) is 21.2 Å². The summed E-state index contributed by atoms with van der Waals surface area (Å²) < 4.78 is 0.991. The molecule has 0 heterocycles. The average Bonchev–Trinajstić information content (AvgIpc) is 3.20. The lowest BCUT2D eigenvalue weighted by atomic mass is 10.1. The minimum atomic E-state index is -0.513. The van der Waals surface area contributed by atoms with E-state index in [1.165, 1.54) is 0 Å². The van der Waals surface area contributed by atoms with Gasteiger partial charge in [0.2, 0.25) is 11.8 Å². The maximum absolute atomic E-state index is 13.1. The Kier molecular flexibility index (Phi) is 7.26.